The smallest absolute Gasteiger partial charge is 0.311 e. The van der Waals surface area contributed by atoms with Crippen LogP contribution in [0.1, 0.15) is 113 Å². The van der Waals surface area contributed by atoms with Crippen molar-refractivity contribution in [3.8, 4) is 0 Å². The molecule has 1 aromatic heterocycles. The highest BCUT2D eigenvalue weighted by atomic mass is 16.7. The number of nitro benzene ring substituents is 1. The van der Waals surface area contributed by atoms with Crippen LogP contribution in [-0.4, -0.2) is 193 Å². The fraction of sp³-hybridized carbons (Fsp3) is 0.824. The molecular formula is C51H87N7O13. The predicted molar refractivity (Wildman–Crippen MR) is 265 cm³/mol. The zero-order chi connectivity index (χ0) is 52.7. The normalized spacial score (nSPS) is 38.5. The standard InChI is InChI=1S/C51H87N7O13/c1-15-41-51(10,63)45(59)35(6)56(13)28-31(2)26-49(8,62)47(33(4)44(34(5)48(61)69-41)70-43-27-50(9,66-14)46(60)36(7)68-43)71-42-25-40(24-32(3)67-42)55(12)21-20-38-30-57(53-52-38)23-22-54(11)29-37-16-18-39(19-17-37)58(64)65/h16-19,30-36,40-47,59-60,62-63H,15,20-29H2,1-14H3/t31-,32-,33+,34-,35-,36+,40+,41-,42+,43+,44+,45-,46+,47-,49-,50-,51-/m1/s1. The molecular weight excluding hydrogens is 919 g/mol. The molecule has 0 amide bonds. The molecule has 20 nitrogen and oxygen atoms in total. The summed E-state index contributed by atoms with van der Waals surface area (Å²) < 4.78 is 40.5. The molecule has 0 unspecified atom stereocenters. The van der Waals surface area contributed by atoms with Crippen molar-refractivity contribution in [2.24, 2.45) is 17.8 Å². The predicted octanol–water partition coefficient (Wildman–Crippen LogP) is 4.17. The van der Waals surface area contributed by atoms with Crippen LogP contribution >= 0.6 is 0 Å². The van der Waals surface area contributed by atoms with E-state index < -0.39 is 94.8 Å². The summed E-state index contributed by atoms with van der Waals surface area (Å²) in [6.07, 6.45) is -3.33. The van der Waals surface area contributed by atoms with Gasteiger partial charge in [-0.2, -0.15) is 0 Å². The number of cyclic esters (lactones) is 1. The number of non-ortho nitro benzene ring substituents is 1. The van der Waals surface area contributed by atoms with Crippen molar-refractivity contribution in [3.63, 3.8) is 0 Å². The number of rotatable bonds is 16. The second-order valence-corrected chi connectivity index (χ2v) is 22.0. The maximum atomic E-state index is 14.5. The fourth-order valence-electron chi connectivity index (χ4n) is 11.0. The Morgan fingerprint density at radius 1 is 0.944 bits per heavy atom. The second-order valence-electron chi connectivity index (χ2n) is 22.0. The lowest BCUT2D eigenvalue weighted by molar-refractivity contribution is -0.384. The number of ether oxygens (including phenoxy) is 6. The van der Waals surface area contributed by atoms with E-state index in [4.69, 9.17) is 28.4 Å². The maximum absolute atomic E-state index is 14.5. The molecule has 3 aliphatic heterocycles. The van der Waals surface area contributed by atoms with Gasteiger partial charge in [-0.25, -0.2) is 0 Å². The minimum atomic E-state index is -1.81. The first-order valence-corrected chi connectivity index (χ1v) is 25.6. The van der Waals surface area contributed by atoms with Gasteiger partial charge in [0, 0.05) is 88.9 Å². The Labute approximate surface area is 421 Å². The first-order valence-electron chi connectivity index (χ1n) is 25.6. The summed E-state index contributed by atoms with van der Waals surface area (Å²) in [6, 6.07) is 6.08. The minimum absolute atomic E-state index is 0.0462. The number of nitro groups is 1. The first kappa shape index (κ1) is 58.6. The molecule has 20 heteroatoms. The number of aliphatic hydroxyl groups is 4. The van der Waals surface area contributed by atoms with Gasteiger partial charge in [-0.05, 0) is 100 Å². The van der Waals surface area contributed by atoms with Crippen molar-refractivity contribution in [1.29, 1.82) is 0 Å². The Morgan fingerprint density at radius 2 is 1.62 bits per heavy atom. The molecule has 71 heavy (non-hydrogen) atoms. The van der Waals surface area contributed by atoms with E-state index in [9.17, 15) is 35.3 Å². The van der Waals surface area contributed by atoms with Gasteiger partial charge in [0.2, 0.25) is 0 Å². The number of aliphatic hydroxyl groups excluding tert-OH is 2. The third kappa shape index (κ3) is 15.0. The van der Waals surface area contributed by atoms with E-state index in [2.05, 4.69) is 27.2 Å². The highest BCUT2D eigenvalue weighted by Gasteiger charge is 2.52. The van der Waals surface area contributed by atoms with Crippen LogP contribution in [0.2, 0.25) is 0 Å². The van der Waals surface area contributed by atoms with Crippen LogP contribution < -0.4 is 0 Å². The van der Waals surface area contributed by atoms with E-state index in [0.717, 1.165) is 17.7 Å². The Bertz CT molecular complexity index is 1990. The van der Waals surface area contributed by atoms with Crippen molar-refractivity contribution in [1.82, 2.24) is 29.7 Å². The fourth-order valence-corrected chi connectivity index (χ4v) is 11.0. The molecule has 4 N–H and O–H groups in total. The number of esters is 1. The molecule has 0 bridgehead atoms. The van der Waals surface area contributed by atoms with Crippen LogP contribution in [0.25, 0.3) is 0 Å². The third-order valence-corrected chi connectivity index (χ3v) is 15.6. The number of hydrogen-bond donors (Lipinski definition) is 4. The lowest BCUT2D eigenvalue weighted by Crippen LogP contribution is -2.59. The largest absolute Gasteiger partial charge is 0.459 e. The molecule has 0 saturated carbocycles. The lowest BCUT2D eigenvalue weighted by atomic mass is 9.77. The molecule has 1 aromatic carbocycles. The highest BCUT2D eigenvalue weighted by Crippen LogP contribution is 2.40. The van der Waals surface area contributed by atoms with Crippen molar-refractivity contribution in [3.05, 3.63) is 51.8 Å². The van der Waals surface area contributed by atoms with E-state index in [-0.39, 0.29) is 43.0 Å². The number of carbonyl (C=O) groups excluding carboxylic acids is 1. The molecule has 3 saturated heterocycles. The molecule has 0 radical (unpaired) electrons. The molecule has 5 rings (SSSR count). The minimum Gasteiger partial charge on any atom is -0.459 e. The summed E-state index contributed by atoms with van der Waals surface area (Å²) in [5, 5.41) is 67.3. The average molecular weight is 1010 g/mol. The summed E-state index contributed by atoms with van der Waals surface area (Å²) in [5.41, 5.74) is -2.45. The Hall–Kier alpha value is -3.25. The van der Waals surface area contributed by atoms with Gasteiger partial charge in [0.15, 0.2) is 12.6 Å². The van der Waals surface area contributed by atoms with E-state index in [1.54, 1.807) is 46.8 Å². The summed E-state index contributed by atoms with van der Waals surface area (Å²) >= 11 is 0. The van der Waals surface area contributed by atoms with Crippen LogP contribution in [0, 0.1) is 27.9 Å². The van der Waals surface area contributed by atoms with Gasteiger partial charge in [0.25, 0.3) is 5.69 Å². The number of likely N-dealkylation sites (N-methyl/N-ethyl adjacent to an activating group) is 3. The number of methoxy groups -OCH3 is 1. The molecule has 3 aliphatic rings. The summed E-state index contributed by atoms with van der Waals surface area (Å²) in [7, 11) is 7.45. The number of benzene rings is 1. The van der Waals surface area contributed by atoms with Gasteiger partial charge >= 0.3 is 5.97 Å². The summed E-state index contributed by atoms with van der Waals surface area (Å²) in [4.78, 5) is 31.5. The van der Waals surface area contributed by atoms with Crippen molar-refractivity contribution < 1.29 is 58.6 Å². The van der Waals surface area contributed by atoms with Gasteiger partial charge in [-0.1, -0.05) is 38.1 Å². The van der Waals surface area contributed by atoms with Gasteiger partial charge in [-0.3, -0.25) is 19.6 Å². The Kier molecular flexibility index (Phi) is 20.5. The SMILES string of the molecule is CC[C@H]1OC(=O)[C@H](C)[C@@H](O[C@H]2C[C@@](C)(OC)[C@@H](O)[C@H](C)O2)[C@H](C)[C@@H](O[C@H]2C[C@@H](N(C)CCc3cn(CCN(C)Cc4ccc([N+](=O)[O-])cc4)nn3)C[C@@H](C)O2)[C@](C)(O)C[C@@H](C)CN(C)[C@H](C)[C@@H](O)[C@]1(C)O. The molecule has 2 aromatic rings. The average Bonchev–Trinajstić information content (AvgIpc) is 3.78. The molecule has 0 aliphatic carbocycles. The Morgan fingerprint density at radius 3 is 2.25 bits per heavy atom. The quantitative estimate of drug-likeness (QED) is 0.105. The molecule has 0 spiro atoms. The van der Waals surface area contributed by atoms with Gasteiger partial charge < -0.3 is 63.5 Å². The monoisotopic (exact) mass is 1010 g/mol. The van der Waals surface area contributed by atoms with Crippen LogP contribution in [0.4, 0.5) is 5.69 Å². The highest BCUT2D eigenvalue weighted by molar-refractivity contribution is 5.73. The summed E-state index contributed by atoms with van der Waals surface area (Å²) in [6.45, 7) is 21.1. The zero-order valence-corrected chi connectivity index (χ0v) is 44.8. The topological polar surface area (TPSA) is 237 Å². The van der Waals surface area contributed by atoms with Crippen LogP contribution in [-0.2, 0) is 52.7 Å². The third-order valence-electron chi connectivity index (χ3n) is 15.6. The van der Waals surface area contributed by atoms with E-state index in [1.807, 2.05) is 57.6 Å². The Balaban J connectivity index is 1.36. The number of aromatic nitrogens is 3. The summed E-state index contributed by atoms with van der Waals surface area (Å²) in [5.74, 6) is -2.50. The van der Waals surface area contributed by atoms with Crippen LogP contribution in [0.5, 0.6) is 0 Å². The maximum Gasteiger partial charge on any atom is 0.311 e. The molecule has 404 valence electrons. The van der Waals surface area contributed by atoms with Crippen LogP contribution in [0.3, 0.4) is 0 Å². The zero-order valence-electron chi connectivity index (χ0n) is 44.8. The lowest BCUT2D eigenvalue weighted by Gasteiger charge is -2.48. The van der Waals surface area contributed by atoms with Gasteiger partial charge in [0.1, 0.15) is 23.9 Å². The van der Waals surface area contributed by atoms with Crippen molar-refractivity contribution in [2.45, 2.75) is 205 Å². The van der Waals surface area contributed by atoms with Crippen molar-refractivity contribution >= 4 is 11.7 Å². The number of nitrogens with zero attached hydrogens (tertiary/aromatic N) is 7. The van der Waals surface area contributed by atoms with Crippen molar-refractivity contribution in [2.75, 3.05) is 47.9 Å². The van der Waals surface area contributed by atoms with Crippen LogP contribution in [0.15, 0.2) is 30.5 Å². The van der Waals surface area contributed by atoms with Gasteiger partial charge in [-0.15, -0.1) is 5.10 Å². The number of hydrogen-bond acceptors (Lipinski definition) is 18. The molecule has 3 fully saturated rings. The van der Waals surface area contributed by atoms with E-state index >= 15 is 0 Å². The van der Waals surface area contributed by atoms with E-state index in [1.165, 1.54) is 26.2 Å². The molecule has 17 atom stereocenters. The second kappa shape index (κ2) is 24.9. The van der Waals surface area contributed by atoms with Gasteiger partial charge in [0.05, 0.1) is 58.7 Å². The van der Waals surface area contributed by atoms with E-state index in [0.29, 0.717) is 45.6 Å². The number of carbonyl (C=O) groups is 1. The first-order chi connectivity index (χ1) is 33.2. The molecule has 4 heterocycles.